The Labute approximate surface area is 187 Å². The average Bonchev–Trinajstić information content (AvgIpc) is 3.31. The molecule has 0 spiro atoms. The highest BCUT2D eigenvalue weighted by molar-refractivity contribution is 7.71. The van der Waals surface area contributed by atoms with Gasteiger partial charge in [-0.05, 0) is 36.5 Å². The Kier molecular flexibility index (Phi) is 5.24. The number of hydrogen-bond donors (Lipinski definition) is 0. The Bertz CT molecular complexity index is 1350. The molecule has 1 aliphatic rings. The number of aromatic nitrogens is 4. The van der Waals surface area contributed by atoms with E-state index < -0.39 is 0 Å². The molecule has 4 aromatic rings. The minimum atomic E-state index is -0.0625. The lowest BCUT2D eigenvalue weighted by molar-refractivity contribution is 0.0989. The molecular formula is C20H21ClN6OS2. The van der Waals surface area contributed by atoms with Crippen LogP contribution in [0.15, 0.2) is 41.2 Å². The van der Waals surface area contributed by atoms with Crippen LogP contribution in [0.1, 0.15) is 4.88 Å². The van der Waals surface area contributed by atoms with E-state index >= 15 is 0 Å². The number of fused-ring (bicyclic) bond motifs is 3. The van der Waals surface area contributed by atoms with Crippen LogP contribution in [0.25, 0.3) is 16.7 Å². The van der Waals surface area contributed by atoms with Crippen molar-refractivity contribution in [1.29, 1.82) is 0 Å². The molecule has 1 aromatic carbocycles. The first kappa shape index (κ1) is 19.9. The third-order valence-electron chi connectivity index (χ3n) is 5.61. The van der Waals surface area contributed by atoms with E-state index in [1.807, 2.05) is 39.4 Å². The number of benzene rings is 1. The van der Waals surface area contributed by atoms with Crippen molar-refractivity contribution in [3.8, 4) is 0 Å². The number of thiophene rings is 1. The van der Waals surface area contributed by atoms with Gasteiger partial charge in [-0.2, -0.15) is 0 Å². The van der Waals surface area contributed by atoms with Gasteiger partial charge in [-0.3, -0.25) is 23.6 Å². The van der Waals surface area contributed by atoms with E-state index in [9.17, 15) is 4.79 Å². The molecule has 0 N–H and O–H groups in total. The molecule has 30 heavy (non-hydrogen) atoms. The number of nitrogens with zero attached hydrogens (tertiary/aromatic N) is 6. The summed E-state index contributed by atoms with van der Waals surface area (Å²) in [5, 5.41) is 5.32. The quantitative estimate of drug-likeness (QED) is 0.438. The number of piperazine rings is 1. The zero-order valence-electron chi connectivity index (χ0n) is 16.5. The first-order chi connectivity index (χ1) is 14.5. The predicted octanol–water partition coefficient (Wildman–Crippen LogP) is 3.21. The normalized spacial score (nSPS) is 16.1. The standard InChI is InChI=1S/C20H21ClN6OS2/c1-23-18(28)15-4-2-3-5-16(15)27-19(23)22-26(20(27)29)13-25-10-8-24(9-11-25)12-14-6-7-17(21)30-14/h2-7H,8-13H2,1H3. The van der Waals surface area contributed by atoms with Crippen LogP contribution in [0.4, 0.5) is 0 Å². The Hall–Kier alpha value is -2.04. The SMILES string of the molecule is Cn1c(=O)c2ccccc2n2c(=S)n(CN3CCN(Cc4ccc(Cl)s4)CC3)nc12. The minimum absolute atomic E-state index is 0.0625. The van der Waals surface area contributed by atoms with Crippen molar-refractivity contribution in [3.05, 3.63) is 60.7 Å². The monoisotopic (exact) mass is 460 g/mol. The smallest absolute Gasteiger partial charge is 0.262 e. The van der Waals surface area contributed by atoms with Crippen LogP contribution < -0.4 is 5.56 Å². The highest BCUT2D eigenvalue weighted by Crippen LogP contribution is 2.23. The second-order valence-electron chi connectivity index (χ2n) is 7.54. The highest BCUT2D eigenvalue weighted by Gasteiger charge is 2.20. The molecule has 0 amide bonds. The summed E-state index contributed by atoms with van der Waals surface area (Å²) >= 11 is 13.4. The fourth-order valence-corrected chi connectivity index (χ4v) is 5.38. The molecule has 4 heterocycles. The van der Waals surface area contributed by atoms with Crippen molar-refractivity contribution in [2.45, 2.75) is 13.2 Å². The lowest BCUT2D eigenvalue weighted by atomic mass is 10.2. The fourth-order valence-electron chi connectivity index (χ4n) is 3.97. The van der Waals surface area contributed by atoms with Crippen molar-refractivity contribution in [3.63, 3.8) is 0 Å². The summed E-state index contributed by atoms with van der Waals surface area (Å²) in [5.41, 5.74) is 0.735. The number of halogens is 1. The van der Waals surface area contributed by atoms with Gasteiger partial charge in [0.25, 0.3) is 5.56 Å². The predicted molar refractivity (Wildman–Crippen MR) is 123 cm³/mol. The van der Waals surface area contributed by atoms with Crippen molar-refractivity contribution >= 4 is 51.8 Å². The molecule has 0 radical (unpaired) electrons. The molecule has 0 atom stereocenters. The minimum Gasteiger partial charge on any atom is -0.296 e. The molecule has 0 saturated carbocycles. The van der Waals surface area contributed by atoms with Crippen LogP contribution >= 0.6 is 35.2 Å². The molecule has 0 bridgehead atoms. The van der Waals surface area contributed by atoms with Gasteiger partial charge >= 0.3 is 0 Å². The number of rotatable bonds is 4. The molecule has 0 aliphatic carbocycles. The lowest BCUT2D eigenvalue weighted by Gasteiger charge is -2.34. The van der Waals surface area contributed by atoms with Gasteiger partial charge in [-0.1, -0.05) is 23.7 Å². The van der Waals surface area contributed by atoms with Crippen LogP contribution in [0, 0.1) is 4.77 Å². The van der Waals surface area contributed by atoms with E-state index in [1.165, 1.54) is 4.88 Å². The van der Waals surface area contributed by atoms with E-state index in [-0.39, 0.29) is 5.56 Å². The molecule has 0 unspecified atom stereocenters. The number of hydrogen-bond acceptors (Lipinski definition) is 6. The first-order valence-corrected chi connectivity index (χ1v) is 11.4. The van der Waals surface area contributed by atoms with Crippen LogP contribution in [0.2, 0.25) is 4.34 Å². The molecule has 10 heteroatoms. The summed E-state index contributed by atoms with van der Waals surface area (Å²) in [4.78, 5) is 18.8. The summed E-state index contributed by atoms with van der Waals surface area (Å²) in [5.74, 6) is 0.567. The van der Waals surface area contributed by atoms with Crippen molar-refractivity contribution in [1.82, 2.24) is 28.5 Å². The van der Waals surface area contributed by atoms with E-state index in [0.717, 1.165) is 42.6 Å². The van der Waals surface area contributed by atoms with Gasteiger partial charge in [0.2, 0.25) is 10.5 Å². The number of para-hydroxylation sites is 1. The molecule has 1 saturated heterocycles. The van der Waals surface area contributed by atoms with E-state index in [0.29, 0.717) is 22.6 Å². The maximum atomic E-state index is 12.7. The Morgan fingerprint density at radius 1 is 1.10 bits per heavy atom. The molecule has 1 fully saturated rings. The lowest BCUT2D eigenvalue weighted by Crippen LogP contribution is -2.46. The zero-order valence-corrected chi connectivity index (χ0v) is 18.9. The molecule has 3 aromatic heterocycles. The van der Waals surface area contributed by atoms with Gasteiger partial charge in [0.15, 0.2) is 0 Å². The Morgan fingerprint density at radius 2 is 1.83 bits per heavy atom. The summed E-state index contributed by atoms with van der Waals surface area (Å²) < 4.78 is 6.73. The summed E-state index contributed by atoms with van der Waals surface area (Å²) in [7, 11) is 1.74. The molecule has 7 nitrogen and oxygen atoms in total. The van der Waals surface area contributed by atoms with E-state index in [1.54, 1.807) is 23.0 Å². The molecule has 156 valence electrons. The average molecular weight is 461 g/mol. The van der Waals surface area contributed by atoms with Gasteiger partial charge in [-0.15, -0.1) is 16.4 Å². The van der Waals surface area contributed by atoms with Gasteiger partial charge in [0.05, 0.1) is 21.9 Å². The highest BCUT2D eigenvalue weighted by atomic mass is 35.5. The summed E-state index contributed by atoms with van der Waals surface area (Å²) in [6, 6.07) is 11.6. The third kappa shape index (κ3) is 3.50. The maximum Gasteiger partial charge on any atom is 0.262 e. The Morgan fingerprint density at radius 3 is 2.57 bits per heavy atom. The Balaban J connectivity index is 1.37. The molecule has 1 aliphatic heterocycles. The van der Waals surface area contributed by atoms with Crippen LogP contribution in [0.5, 0.6) is 0 Å². The van der Waals surface area contributed by atoms with Gasteiger partial charge in [0, 0.05) is 44.6 Å². The molecular weight excluding hydrogens is 440 g/mol. The van der Waals surface area contributed by atoms with Crippen LogP contribution in [-0.2, 0) is 20.3 Å². The second kappa shape index (κ2) is 7.90. The van der Waals surface area contributed by atoms with Crippen LogP contribution in [0.3, 0.4) is 0 Å². The van der Waals surface area contributed by atoms with E-state index in [2.05, 4.69) is 21.0 Å². The second-order valence-corrected chi connectivity index (χ2v) is 9.71. The van der Waals surface area contributed by atoms with Crippen molar-refractivity contribution < 1.29 is 0 Å². The maximum absolute atomic E-state index is 12.7. The van der Waals surface area contributed by atoms with Gasteiger partial charge < -0.3 is 0 Å². The largest absolute Gasteiger partial charge is 0.296 e. The zero-order chi connectivity index (χ0) is 20.8. The fraction of sp³-hybridized carbons (Fsp3) is 0.350. The van der Waals surface area contributed by atoms with Gasteiger partial charge in [0.1, 0.15) is 0 Å². The first-order valence-electron chi connectivity index (χ1n) is 9.77. The van der Waals surface area contributed by atoms with Crippen molar-refractivity contribution in [2.24, 2.45) is 7.05 Å². The van der Waals surface area contributed by atoms with Crippen LogP contribution in [-0.4, -0.2) is 54.7 Å². The van der Waals surface area contributed by atoms with E-state index in [4.69, 9.17) is 23.8 Å². The van der Waals surface area contributed by atoms with Gasteiger partial charge in [-0.25, -0.2) is 4.68 Å². The molecule has 5 rings (SSSR count). The topological polar surface area (TPSA) is 50.7 Å². The van der Waals surface area contributed by atoms with Crippen molar-refractivity contribution in [2.75, 3.05) is 26.2 Å². The summed E-state index contributed by atoms with van der Waals surface area (Å²) in [6.45, 7) is 5.40. The summed E-state index contributed by atoms with van der Waals surface area (Å²) in [6.07, 6.45) is 0. The number of aryl methyl sites for hydroxylation is 1. The third-order valence-corrected chi connectivity index (χ3v) is 7.22.